The first-order valence-electron chi connectivity index (χ1n) is 7.52. The van der Waals surface area contributed by atoms with Crippen molar-refractivity contribution in [3.05, 3.63) is 69.7 Å². The number of carbonyl (C=O) groups is 2. The lowest BCUT2D eigenvalue weighted by Crippen LogP contribution is -2.30. The molecule has 0 saturated carbocycles. The molecule has 0 bridgehead atoms. The van der Waals surface area contributed by atoms with Crippen molar-refractivity contribution in [2.24, 2.45) is 0 Å². The van der Waals surface area contributed by atoms with Gasteiger partial charge in [-0.3, -0.25) is 13.8 Å². The Bertz CT molecular complexity index is 792. The van der Waals surface area contributed by atoms with Crippen LogP contribution in [0.25, 0.3) is 0 Å². The molecule has 0 heterocycles. The number of carboxylic acids is 1. The number of benzene rings is 2. The predicted octanol–water partition coefficient (Wildman–Crippen LogP) is 3.27. The fourth-order valence-corrected chi connectivity index (χ4v) is 3.31. The van der Waals surface area contributed by atoms with E-state index < -0.39 is 22.8 Å². The molecule has 132 valence electrons. The minimum absolute atomic E-state index is 0.216. The molecule has 2 atom stereocenters. The standard InChI is InChI=1S/C18H18BrNO4S/c1-25(24)11-12-3-2-4-14(9-12)18(23)20-16(10-17(21)22)13-5-7-15(19)8-6-13/h2-9,16H,10-11H2,1H3,(H,20,23)(H,21,22)/t16-,25-/m1/s1. The Kier molecular flexibility index (Phi) is 6.90. The molecule has 25 heavy (non-hydrogen) atoms. The molecule has 0 radical (unpaired) electrons. The van der Waals surface area contributed by atoms with Gasteiger partial charge in [-0.1, -0.05) is 40.2 Å². The van der Waals surface area contributed by atoms with E-state index in [-0.39, 0.29) is 12.3 Å². The van der Waals surface area contributed by atoms with Crippen LogP contribution in [0.1, 0.15) is 33.9 Å². The van der Waals surface area contributed by atoms with Crippen molar-refractivity contribution < 1.29 is 18.9 Å². The summed E-state index contributed by atoms with van der Waals surface area (Å²) in [5.74, 6) is -0.993. The third kappa shape index (κ3) is 6.10. The summed E-state index contributed by atoms with van der Waals surface area (Å²) in [7, 11) is -1.00. The number of carbonyl (C=O) groups excluding carboxylic acids is 1. The van der Waals surface area contributed by atoms with Crippen LogP contribution in [0.4, 0.5) is 0 Å². The third-order valence-corrected chi connectivity index (χ3v) is 4.78. The summed E-state index contributed by atoms with van der Waals surface area (Å²) in [4.78, 5) is 23.7. The maximum Gasteiger partial charge on any atom is 0.305 e. The molecule has 2 aromatic carbocycles. The lowest BCUT2D eigenvalue weighted by molar-refractivity contribution is -0.137. The van der Waals surface area contributed by atoms with E-state index in [4.69, 9.17) is 5.11 Å². The van der Waals surface area contributed by atoms with Crippen LogP contribution in [0.5, 0.6) is 0 Å². The smallest absolute Gasteiger partial charge is 0.305 e. The number of amides is 1. The van der Waals surface area contributed by atoms with Crippen molar-refractivity contribution >= 4 is 38.6 Å². The number of nitrogens with one attached hydrogen (secondary N) is 1. The molecule has 5 nitrogen and oxygen atoms in total. The maximum absolute atomic E-state index is 12.5. The maximum atomic E-state index is 12.5. The van der Waals surface area contributed by atoms with E-state index >= 15 is 0 Å². The van der Waals surface area contributed by atoms with Crippen LogP contribution in [0.15, 0.2) is 53.0 Å². The molecular weight excluding hydrogens is 406 g/mol. The summed E-state index contributed by atoms with van der Waals surface area (Å²) in [6.45, 7) is 0. The molecular formula is C18H18BrNO4S. The summed E-state index contributed by atoms with van der Waals surface area (Å²) in [5, 5.41) is 11.9. The van der Waals surface area contributed by atoms with E-state index in [1.54, 1.807) is 48.7 Å². The lowest BCUT2D eigenvalue weighted by atomic mass is 10.0. The van der Waals surface area contributed by atoms with Gasteiger partial charge < -0.3 is 10.4 Å². The van der Waals surface area contributed by atoms with Crippen molar-refractivity contribution in [2.45, 2.75) is 18.2 Å². The second-order valence-electron chi connectivity index (χ2n) is 5.59. The Balaban J connectivity index is 2.20. The summed E-state index contributed by atoms with van der Waals surface area (Å²) >= 11 is 3.33. The van der Waals surface area contributed by atoms with Gasteiger partial charge in [-0.05, 0) is 35.4 Å². The number of rotatable bonds is 7. The summed E-state index contributed by atoms with van der Waals surface area (Å²) in [6, 6.07) is 13.4. The van der Waals surface area contributed by atoms with E-state index in [0.29, 0.717) is 16.9 Å². The molecule has 0 aliphatic heterocycles. The summed E-state index contributed by atoms with van der Waals surface area (Å²) in [5.41, 5.74) is 1.92. The van der Waals surface area contributed by atoms with Gasteiger partial charge in [0.25, 0.3) is 5.91 Å². The largest absolute Gasteiger partial charge is 0.481 e. The van der Waals surface area contributed by atoms with Gasteiger partial charge in [0.15, 0.2) is 0 Å². The van der Waals surface area contributed by atoms with Gasteiger partial charge in [-0.15, -0.1) is 0 Å². The van der Waals surface area contributed by atoms with Gasteiger partial charge in [0.05, 0.1) is 12.5 Å². The van der Waals surface area contributed by atoms with E-state index in [2.05, 4.69) is 21.2 Å². The Morgan fingerprint density at radius 2 is 1.88 bits per heavy atom. The molecule has 2 N–H and O–H groups in total. The van der Waals surface area contributed by atoms with E-state index in [1.165, 1.54) is 0 Å². The lowest BCUT2D eigenvalue weighted by Gasteiger charge is -2.18. The van der Waals surface area contributed by atoms with E-state index in [0.717, 1.165) is 10.0 Å². The Labute approximate surface area is 157 Å². The number of carboxylic acid groups (broad SMARTS) is 1. The predicted molar refractivity (Wildman–Crippen MR) is 101 cm³/mol. The van der Waals surface area contributed by atoms with Crippen molar-refractivity contribution in [1.82, 2.24) is 5.32 Å². The van der Waals surface area contributed by atoms with Crippen molar-refractivity contribution in [3.63, 3.8) is 0 Å². The average molecular weight is 424 g/mol. The molecule has 0 fully saturated rings. The van der Waals surface area contributed by atoms with Crippen LogP contribution in [-0.4, -0.2) is 27.4 Å². The Morgan fingerprint density at radius 3 is 2.48 bits per heavy atom. The molecule has 2 aromatic rings. The normalized spacial score (nSPS) is 13.0. The highest BCUT2D eigenvalue weighted by Gasteiger charge is 2.19. The Hall–Kier alpha value is -1.99. The molecule has 0 aliphatic rings. The van der Waals surface area contributed by atoms with Crippen LogP contribution >= 0.6 is 15.9 Å². The Morgan fingerprint density at radius 1 is 1.20 bits per heavy atom. The first kappa shape index (κ1) is 19.3. The molecule has 0 unspecified atom stereocenters. The van der Waals surface area contributed by atoms with Gasteiger partial charge in [0.1, 0.15) is 0 Å². The zero-order valence-corrected chi connectivity index (χ0v) is 16.0. The topological polar surface area (TPSA) is 83.5 Å². The van der Waals surface area contributed by atoms with Crippen LogP contribution in [0, 0.1) is 0 Å². The molecule has 0 aromatic heterocycles. The minimum Gasteiger partial charge on any atom is -0.481 e. The van der Waals surface area contributed by atoms with E-state index in [1.807, 2.05) is 6.07 Å². The van der Waals surface area contributed by atoms with Gasteiger partial charge >= 0.3 is 5.97 Å². The van der Waals surface area contributed by atoms with Gasteiger partial charge in [-0.2, -0.15) is 0 Å². The quantitative estimate of drug-likeness (QED) is 0.715. The molecule has 0 saturated heterocycles. The van der Waals surface area contributed by atoms with Crippen LogP contribution in [0.3, 0.4) is 0 Å². The van der Waals surface area contributed by atoms with Crippen molar-refractivity contribution in [2.75, 3.05) is 6.26 Å². The van der Waals surface area contributed by atoms with Crippen LogP contribution in [-0.2, 0) is 21.3 Å². The second-order valence-corrected chi connectivity index (χ2v) is 7.94. The van der Waals surface area contributed by atoms with E-state index in [9.17, 15) is 13.8 Å². The minimum atomic E-state index is -1.00. The average Bonchev–Trinajstić information content (AvgIpc) is 2.54. The van der Waals surface area contributed by atoms with Gasteiger partial charge in [-0.25, -0.2) is 0 Å². The molecule has 1 amide bonds. The first-order valence-corrected chi connectivity index (χ1v) is 10.0. The van der Waals surface area contributed by atoms with Crippen molar-refractivity contribution in [3.8, 4) is 0 Å². The zero-order chi connectivity index (χ0) is 18.4. The highest BCUT2D eigenvalue weighted by molar-refractivity contribution is 9.10. The molecule has 2 rings (SSSR count). The second kappa shape index (κ2) is 8.92. The van der Waals surface area contributed by atoms with Crippen LogP contribution in [0.2, 0.25) is 0 Å². The van der Waals surface area contributed by atoms with Gasteiger partial charge in [0.2, 0.25) is 0 Å². The number of halogens is 1. The number of hydrogen-bond acceptors (Lipinski definition) is 3. The monoisotopic (exact) mass is 423 g/mol. The SMILES string of the molecule is C[S@@](=O)Cc1cccc(C(=O)N[C@H](CC(=O)O)c2ccc(Br)cc2)c1. The first-order chi connectivity index (χ1) is 11.8. The molecule has 7 heteroatoms. The fourth-order valence-electron chi connectivity index (χ4n) is 2.40. The van der Waals surface area contributed by atoms with Crippen LogP contribution < -0.4 is 5.32 Å². The summed E-state index contributed by atoms with van der Waals surface area (Å²) < 4.78 is 12.2. The summed E-state index contributed by atoms with van der Waals surface area (Å²) in [6.07, 6.45) is 1.38. The van der Waals surface area contributed by atoms with Gasteiger partial charge in [0, 0.05) is 32.8 Å². The molecule has 0 spiro atoms. The number of aliphatic carboxylic acids is 1. The zero-order valence-electron chi connectivity index (χ0n) is 13.6. The number of hydrogen-bond donors (Lipinski definition) is 2. The highest BCUT2D eigenvalue weighted by atomic mass is 79.9. The fraction of sp³-hybridized carbons (Fsp3) is 0.222. The third-order valence-electron chi connectivity index (χ3n) is 3.52. The van der Waals surface area contributed by atoms with Crippen molar-refractivity contribution in [1.29, 1.82) is 0 Å². The molecule has 0 aliphatic carbocycles. The highest BCUT2D eigenvalue weighted by Crippen LogP contribution is 2.20.